The minimum absolute atomic E-state index is 0.122. The van der Waals surface area contributed by atoms with Crippen LogP contribution in [0.25, 0.3) is 5.69 Å². The molecule has 1 aromatic heterocycles. The van der Waals surface area contributed by atoms with Crippen molar-refractivity contribution in [2.45, 2.75) is 64.5 Å². The van der Waals surface area contributed by atoms with Gasteiger partial charge in [-0.1, -0.05) is 19.3 Å². The molecule has 2 aromatic rings. The van der Waals surface area contributed by atoms with Crippen LogP contribution in [0.2, 0.25) is 0 Å². The van der Waals surface area contributed by atoms with Crippen molar-refractivity contribution >= 4 is 0 Å². The van der Waals surface area contributed by atoms with Crippen LogP contribution in [-0.4, -0.2) is 27.4 Å². The maximum atomic E-state index is 12.3. The van der Waals surface area contributed by atoms with Crippen LogP contribution in [-0.2, 0) is 0 Å². The Morgan fingerprint density at radius 3 is 2.32 bits per heavy atom. The normalized spacial score (nSPS) is 17.0. The summed E-state index contributed by atoms with van der Waals surface area (Å²) < 4.78 is 48.2. The first-order valence-electron chi connectivity index (χ1n) is 9.53. The van der Waals surface area contributed by atoms with E-state index >= 15 is 0 Å². The molecule has 0 saturated heterocycles. The summed E-state index contributed by atoms with van der Waals surface area (Å²) in [6.07, 6.45) is 1.43. The minimum Gasteiger partial charge on any atom is -0.474 e. The van der Waals surface area contributed by atoms with E-state index in [1.54, 1.807) is 6.20 Å². The molecule has 0 spiro atoms. The Morgan fingerprint density at radius 2 is 1.75 bits per heavy atom. The van der Waals surface area contributed by atoms with Crippen LogP contribution < -0.4 is 9.47 Å². The highest BCUT2D eigenvalue weighted by Gasteiger charge is 2.31. The molecule has 0 aliphatic heterocycles. The van der Waals surface area contributed by atoms with E-state index in [1.165, 1.54) is 35.4 Å². The van der Waals surface area contributed by atoms with Gasteiger partial charge in [0, 0.05) is 6.20 Å². The van der Waals surface area contributed by atoms with E-state index < -0.39 is 12.5 Å². The monoisotopic (exact) mass is 398 g/mol. The van der Waals surface area contributed by atoms with Gasteiger partial charge in [-0.25, -0.2) is 4.68 Å². The molecule has 0 radical (unpaired) electrons. The summed E-state index contributed by atoms with van der Waals surface area (Å²) in [5, 5.41) is 15.3. The molecule has 1 aromatic carbocycles. The predicted molar refractivity (Wildman–Crippen MR) is 97.5 cm³/mol. The highest BCUT2D eigenvalue weighted by atomic mass is 19.4. The van der Waals surface area contributed by atoms with Gasteiger partial charge in [0.1, 0.15) is 5.75 Å². The molecule has 28 heavy (non-hydrogen) atoms. The Balaban J connectivity index is 1.86. The van der Waals surface area contributed by atoms with E-state index in [9.17, 15) is 18.3 Å². The summed E-state index contributed by atoms with van der Waals surface area (Å²) >= 11 is 0. The van der Waals surface area contributed by atoms with Crippen LogP contribution in [0.4, 0.5) is 13.2 Å². The van der Waals surface area contributed by atoms with Crippen molar-refractivity contribution in [1.29, 1.82) is 0 Å². The second kappa shape index (κ2) is 8.43. The maximum Gasteiger partial charge on any atom is 0.573 e. The molecule has 1 unspecified atom stereocenters. The van der Waals surface area contributed by atoms with Gasteiger partial charge < -0.3 is 14.6 Å². The number of aromatic nitrogens is 2. The number of nitrogens with zero attached hydrogens (tertiary/aromatic N) is 2. The Hall–Kier alpha value is -2.22. The SMILES string of the molecule is CC(C)Oc1nn(-c2ccc(OC(F)(F)F)cc2)cc1C(O)C1CCCCC1. The molecule has 8 heteroatoms. The Morgan fingerprint density at radius 1 is 1.11 bits per heavy atom. The van der Waals surface area contributed by atoms with Crippen molar-refractivity contribution < 1.29 is 27.8 Å². The van der Waals surface area contributed by atoms with E-state index in [-0.39, 0.29) is 17.8 Å². The van der Waals surface area contributed by atoms with E-state index in [4.69, 9.17) is 4.74 Å². The number of ether oxygens (including phenoxy) is 2. The van der Waals surface area contributed by atoms with Crippen LogP contribution in [0.5, 0.6) is 11.6 Å². The molecule has 1 aliphatic carbocycles. The number of alkyl halides is 3. The molecule has 3 rings (SSSR count). The second-order valence-corrected chi connectivity index (χ2v) is 7.39. The average Bonchev–Trinajstić information content (AvgIpc) is 3.04. The van der Waals surface area contributed by atoms with Crippen LogP contribution in [0.15, 0.2) is 30.5 Å². The highest BCUT2D eigenvalue weighted by molar-refractivity contribution is 5.39. The van der Waals surface area contributed by atoms with E-state index in [0.29, 0.717) is 17.1 Å². The molecule has 1 aliphatic rings. The van der Waals surface area contributed by atoms with Crippen LogP contribution >= 0.6 is 0 Å². The van der Waals surface area contributed by atoms with Crippen molar-refractivity contribution in [2.24, 2.45) is 5.92 Å². The van der Waals surface area contributed by atoms with Crippen molar-refractivity contribution in [1.82, 2.24) is 9.78 Å². The molecular weight excluding hydrogens is 373 g/mol. The number of hydrogen-bond acceptors (Lipinski definition) is 4. The zero-order valence-corrected chi connectivity index (χ0v) is 15.9. The summed E-state index contributed by atoms with van der Waals surface area (Å²) in [6, 6.07) is 5.41. The van der Waals surface area contributed by atoms with E-state index in [2.05, 4.69) is 9.84 Å². The number of halogens is 3. The summed E-state index contributed by atoms with van der Waals surface area (Å²) in [7, 11) is 0. The van der Waals surface area contributed by atoms with Crippen molar-refractivity contribution in [3.05, 3.63) is 36.0 Å². The standard InChI is InChI=1S/C20H25F3N2O3/c1-13(2)27-19-17(18(26)14-6-4-3-5-7-14)12-25(24-19)15-8-10-16(11-9-15)28-20(21,22)23/h8-14,18,26H,3-7H2,1-2H3. The Labute approximate surface area is 162 Å². The van der Waals surface area contributed by atoms with Gasteiger partial charge in [-0.3, -0.25) is 0 Å². The summed E-state index contributed by atoms with van der Waals surface area (Å²) in [6.45, 7) is 3.75. The van der Waals surface area contributed by atoms with Crippen LogP contribution in [0.1, 0.15) is 57.6 Å². The van der Waals surface area contributed by atoms with Gasteiger partial charge in [0.2, 0.25) is 5.88 Å². The van der Waals surface area contributed by atoms with Crippen molar-refractivity contribution in [3.63, 3.8) is 0 Å². The summed E-state index contributed by atoms with van der Waals surface area (Å²) in [4.78, 5) is 0. The molecule has 1 saturated carbocycles. The molecule has 5 nitrogen and oxygen atoms in total. The number of aliphatic hydroxyl groups is 1. The first-order chi connectivity index (χ1) is 13.2. The second-order valence-electron chi connectivity index (χ2n) is 7.39. The molecule has 1 heterocycles. The highest BCUT2D eigenvalue weighted by Crippen LogP contribution is 2.38. The van der Waals surface area contributed by atoms with Crippen LogP contribution in [0, 0.1) is 5.92 Å². The first-order valence-corrected chi connectivity index (χ1v) is 9.53. The molecule has 1 atom stereocenters. The first kappa shape index (κ1) is 20.5. The van der Waals surface area contributed by atoms with Crippen LogP contribution in [0.3, 0.4) is 0 Å². The number of aliphatic hydroxyl groups excluding tert-OH is 1. The third-order valence-corrected chi connectivity index (χ3v) is 4.80. The smallest absolute Gasteiger partial charge is 0.474 e. The fraction of sp³-hybridized carbons (Fsp3) is 0.550. The van der Waals surface area contributed by atoms with Crippen molar-refractivity contribution in [2.75, 3.05) is 0 Å². The molecule has 1 N–H and O–H groups in total. The number of benzene rings is 1. The van der Waals surface area contributed by atoms with Gasteiger partial charge in [0.15, 0.2) is 0 Å². The average molecular weight is 398 g/mol. The number of hydrogen-bond donors (Lipinski definition) is 1. The topological polar surface area (TPSA) is 56.5 Å². The van der Waals surface area contributed by atoms with E-state index in [1.807, 2.05) is 13.8 Å². The van der Waals surface area contributed by atoms with Gasteiger partial charge in [-0.15, -0.1) is 18.3 Å². The maximum absolute atomic E-state index is 12.3. The van der Waals surface area contributed by atoms with Gasteiger partial charge >= 0.3 is 6.36 Å². The third kappa shape index (κ3) is 5.19. The fourth-order valence-electron chi connectivity index (χ4n) is 3.53. The van der Waals surface area contributed by atoms with Crippen molar-refractivity contribution in [3.8, 4) is 17.3 Å². The summed E-state index contributed by atoms with van der Waals surface area (Å²) in [5.41, 5.74) is 1.15. The fourth-order valence-corrected chi connectivity index (χ4v) is 3.53. The number of rotatable bonds is 6. The lowest BCUT2D eigenvalue weighted by atomic mass is 9.83. The van der Waals surface area contributed by atoms with Gasteiger partial charge in [0.05, 0.1) is 23.5 Å². The molecule has 0 amide bonds. The lowest BCUT2D eigenvalue weighted by Crippen LogP contribution is -2.17. The largest absolute Gasteiger partial charge is 0.573 e. The summed E-state index contributed by atoms with van der Waals surface area (Å²) in [5.74, 6) is 0.205. The lowest BCUT2D eigenvalue weighted by Gasteiger charge is -2.26. The van der Waals surface area contributed by atoms with Gasteiger partial charge in [0.25, 0.3) is 0 Å². The van der Waals surface area contributed by atoms with Gasteiger partial charge in [-0.05, 0) is 56.9 Å². The van der Waals surface area contributed by atoms with E-state index in [0.717, 1.165) is 25.7 Å². The zero-order valence-electron chi connectivity index (χ0n) is 15.9. The minimum atomic E-state index is -4.73. The third-order valence-electron chi connectivity index (χ3n) is 4.80. The zero-order chi connectivity index (χ0) is 20.3. The molecule has 1 fully saturated rings. The van der Waals surface area contributed by atoms with Gasteiger partial charge in [-0.2, -0.15) is 0 Å². The molecular formula is C20H25F3N2O3. The Bertz CT molecular complexity index is 766. The molecule has 154 valence electrons. The molecule has 0 bridgehead atoms. The quantitative estimate of drug-likeness (QED) is 0.729. The predicted octanol–water partition coefficient (Wildman–Crippen LogP) is 5.17. The Kier molecular flexibility index (Phi) is 6.17. The lowest BCUT2D eigenvalue weighted by molar-refractivity contribution is -0.274.